The van der Waals surface area contributed by atoms with E-state index >= 15 is 0 Å². The van der Waals surface area contributed by atoms with Crippen molar-refractivity contribution in [2.24, 2.45) is 12.8 Å². The standard InChI is InChI=1S/C30H34ClN9O5S.ClH/c1-17-22(19-4-6-21(7-5-19)46(45)11-9-31)15-40(36-16-41)27(17)30(44)37-20-12-24(39(3)14-20)28(42)38-23-13-35-26(18(23)2)29(43)34-10-8-25(32)33;/h4-7,12-16,35H,8-11H2,1-3H3,(H3,32,33)(H,34,43)(H,36,41)(H,37,44)(H,38,42);1H. The number of alkyl halides is 1. The van der Waals surface area contributed by atoms with E-state index in [2.05, 4.69) is 26.4 Å². The molecule has 1 atom stereocenters. The second-order valence-electron chi connectivity index (χ2n) is 10.3. The number of H-pyrrole nitrogens is 1. The van der Waals surface area contributed by atoms with Crippen LogP contribution in [0.3, 0.4) is 0 Å². The summed E-state index contributed by atoms with van der Waals surface area (Å²) in [6.07, 6.45) is 5.36. The molecule has 4 rings (SSSR count). The van der Waals surface area contributed by atoms with Crippen molar-refractivity contribution in [3.05, 3.63) is 77.1 Å². The first-order valence-corrected chi connectivity index (χ1v) is 15.9. The lowest BCUT2D eigenvalue weighted by Gasteiger charge is -2.09. The number of aromatic nitrogens is 3. The minimum Gasteiger partial charge on any atom is -0.611 e. The zero-order chi connectivity index (χ0) is 33.5. The molecule has 3 aromatic heterocycles. The van der Waals surface area contributed by atoms with Crippen molar-refractivity contribution in [2.75, 3.05) is 34.2 Å². The van der Waals surface area contributed by atoms with Crippen LogP contribution in [-0.4, -0.2) is 66.9 Å². The van der Waals surface area contributed by atoms with E-state index in [0.717, 1.165) is 5.56 Å². The smallest absolute Gasteiger partial charge is 0.274 e. The van der Waals surface area contributed by atoms with Crippen molar-refractivity contribution in [1.82, 2.24) is 19.5 Å². The maximum atomic E-state index is 13.5. The van der Waals surface area contributed by atoms with Gasteiger partial charge < -0.3 is 35.8 Å². The molecule has 0 saturated carbocycles. The van der Waals surface area contributed by atoms with Crippen LogP contribution in [0, 0.1) is 19.3 Å². The lowest BCUT2D eigenvalue weighted by atomic mass is 10.0. The Morgan fingerprint density at radius 3 is 2.43 bits per heavy atom. The summed E-state index contributed by atoms with van der Waals surface area (Å²) in [7, 11) is 1.65. The first-order chi connectivity index (χ1) is 21.9. The number of aromatic amines is 1. The summed E-state index contributed by atoms with van der Waals surface area (Å²) in [6, 6.07) is 8.55. The van der Waals surface area contributed by atoms with Crippen molar-refractivity contribution in [3.63, 3.8) is 0 Å². The number of aryl methyl sites for hydroxylation is 1. The first kappa shape index (κ1) is 36.8. The van der Waals surface area contributed by atoms with Crippen molar-refractivity contribution in [3.8, 4) is 11.1 Å². The Morgan fingerprint density at radius 2 is 1.79 bits per heavy atom. The van der Waals surface area contributed by atoms with Crippen LogP contribution < -0.4 is 27.1 Å². The third-order valence-electron chi connectivity index (χ3n) is 7.15. The molecule has 8 N–H and O–H groups in total. The summed E-state index contributed by atoms with van der Waals surface area (Å²) in [5, 5.41) is 15.5. The van der Waals surface area contributed by atoms with Crippen molar-refractivity contribution >= 4 is 76.5 Å². The Hall–Kier alpha value is -4.70. The Bertz CT molecular complexity index is 1780. The quantitative estimate of drug-likeness (QED) is 0.0343. The van der Waals surface area contributed by atoms with Gasteiger partial charge in [-0.25, -0.2) is 0 Å². The van der Waals surface area contributed by atoms with E-state index in [4.69, 9.17) is 22.7 Å². The number of carbonyl (C=O) groups is 4. The van der Waals surface area contributed by atoms with Gasteiger partial charge in [0.2, 0.25) is 6.41 Å². The van der Waals surface area contributed by atoms with E-state index in [9.17, 15) is 23.7 Å². The highest BCUT2D eigenvalue weighted by Crippen LogP contribution is 2.29. The zero-order valence-corrected chi connectivity index (χ0v) is 28.1. The molecule has 14 nitrogen and oxygen atoms in total. The average molecular weight is 705 g/mol. The van der Waals surface area contributed by atoms with E-state index in [-0.39, 0.29) is 54.2 Å². The van der Waals surface area contributed by atoms with Gasteiger partial charge in [-0.3, -0.25) is 34.7 Å². The molecule has 0 saturated heterocycles. The van der Waals surface area contributed by atoms with Gasteiger partial charge in [0.05, 0.1) is 23.1 Å². The van der Waals surface area contributed by atoms with E-state index in [1.54, 1.807) is 62.1 Å². The Labute approximate surface area is 284 Å². The minimum absolute atomic E-state index is 0. The molecule has 1 aromatic carbocycles. The molecule has 0 aliphatic heterocycles. The summed E-state index contributed by atoms with van der Waals surface area (Å²) < 4.78 is 15.1. The third-order valence-corrected chi connectivity index (χ3v) is 8.93. The number of amides is 4. The van der Waals surface area contributed by atoms with Crippen molar-refractivity contribution in [1.29, 1.82) is 5.41 Å². The molecule has 0 fully saturated rings. The summed E-state index contributed by atoms with van der Waals surface area (Å²) in [5.41, 5.74) is 11.8. The van der Waals surface area contributed by atoms with Gasteiger partial charge in [0.1, 0.15) is 22.8 Å². The number of carbonyl (C=O) groups excluding carboxylic acids is 4. The van der Waals surface area contributed by atoms with Gasteiger partial charge in [0.15, 0.2) is 4.90 Å². The van der Waals surface area contributed by atoms with Crippen LogP contribution >= 0.6 is 24.0 Å². The van der Waals surface area contributed by atoms with Crippen LogP contribution in [0.4, 0.5) is 11.4 Å². The van der Waals surface area contributed by atoms with Gasteiger partial charge in [-0.05, 0) is 66.5 Å². The maximum absolute atomic E-state index is 13.5. The van der Waals surface area contributed by atoms with Crippen LogP contribution in [-0.2, 0) is 23.0 Å². The Kier molecular flexibility index (Phi) is 12.7. The van der Waals surface area contributed by atoms with E-state index in [1.165, 1.54) is 16.9 Å². The molecule has 0 radical (unpaired) electrons. The SMILES string of the molecule is Cc1c(NC(=O)c2cc(NC(=O)c3c(C)c(-c4ccc([S+]([O-])CCCl)cc4)cn3NC=O)cn2C)c[nH]c1C(=O)NCCC(=N)N.Cl. The number of nitrogens with zero attached hydrogens (tertiary/aromatic N) is 2. The summed E-state index contributed by atoms with van der Waals surface area (Å²) in [5.74, 6) is -0.834. The van der Waals surface area contributed by atoms with Crippen LogP contribution in [0.15, 0.2) is 53.8 Å². The number of rotatable bonds is 14. The monoisotopic (exact) mass is 703 g/mol. The molecular weight excluding hydrogens is 669 g/mol. The van der Waals surface area contributed by atoms with Crippen LogP contribution in [0.1, 0.15) is 49.0 Å². The molecule has 4 amide bonds. The van der Waals surface area contributed by atoms with Crippen molar-refractivity contribution in [2.45, 2.75) is 25.2 Å². The Morgan fingerprint density at radius 1 is 1.09 bits per heavy atom. The normalized spacial score (nSPS) is 11.3. The summed E-state index contributed by atoms with van der Waals surface area (Å²) in [6.45, 7) is 3.63. The zero-order valence-electron chi connectivity index (χ0n) is 25.7. The van der Waals surface area contributed by atoms with Gasteiger partial charge in [-0.15, -0.1) is 24.0 Å². The highest BCUT2D eigenvalue weighted by atomic mass is 35.5. The summed E-state index contributed by atoms with van der Waals surface area (Å²) in [4.78, 5) is 54.0. The van der Waals surface area contributed by atoms with Gasteiger partial charge in [0, 0.05) is 49.7 Å². The topological polar surface area (TPSA) is 215 Å². The number of hydrogen-bond acceptors (Lipinski definition) is 6. The number of nitrogens with one attached hydrogen (secondary N) is 6. The van der Waals surface area contributed by atoms with Gasteiger partial charge in [-0.2, -0.15) is 0 Å². The fraction of sp³-hybridized carbons (Fsp3) is 0.233. The molecule has 0 aliphatic rings. The lowest BCUT2D eigenvalue weighted by Crippen LogP contribution is -2.28. The molecule has 4 aromatic rings. The average Bonchev–Trinajstić information content (AvgIpc) is 3.67. The highest BCUT2D eigenvalue weighted by Gasteiger charge is 2.23. The van der Waals surface area contributed by atoms with E-state index in [1.807, 2.05) is 0 Å². The van der Waals surface area contributed by atoms with Crippen LogP contribution in [0.5, 0.6) is 0 Å². The minimum atomic E-state index is -1.22. The molecular formula is C30H35Cl2N9O5S. The van der Waals surface area contributed by atoms with Gasteiger partial charge >= 0.3 is 0 Å². The second kappa shape index (κ2) is 16.2. The third kappa shape index (κ3) is 8.56. The van der Waals surface area contributed by atoms with Crippen molar-refractivity contribution < 1.29 is 23.7 Å². The number of anilines is 2. The molecule has 0 aliphatic carbocycles. The molecule has 17 heteroatoms. The second-order valence-corrected chi connectivity index (χ2v) is 12.2. The van der Waals surface area contributed by atoms with E-state index in [0.29, 0.717) is 45.1 Å². The molecule has 250 valence electrons. The fourth-order valence-corrected chi connectivity index (χ4v) is 6.03. The molecule has 1 unspecified atom stereocenters. The van der Waals surface area contributed by atoms with Crippen LogP contribution in [0.2, 0.25) is 0 Å². The van der Waals surface area contributed by atoms with Gasteiger partial charge in [0.25, 0.3) is 17.7 Å². The number of halogens is 2. The number of amidine groups is 1. The molecule has 47 heavy (non-hydrogen) atoms. The largest absolute Gasteiger partial charge is 0.611 e. The van der Waals surface area contributed by atoms with Gasteiger partial charge in [-0.1, -0.05) is 0 Å². The lowest BCUT2D eigenvalue weighted by molar-refractivity contribution is -0.106. The maximum Gasteiger partial charge on any atom is 0.274 e. The van der Waals surface area contributed by atoms with E-state index < -0.39 is 28.9 Å². The Balaban J connectivity index is 0.00000600. The van der Waals surface area contributed by atoms with Crippen LogP contribution in [0.25, 0.3) is 11.1 Å². The number of hydrogen-bond donors (Lipinski definition) is 7. The molecule has 3 heterocycles. The molecule has 0 bridgehead atoms. The molecule has 0 spiro atoms. The highest BCUT2D eigenvalue weighted by molar-refractivity contribution is 7.91. The fourth-order valence-electron chi connectivity index (χ4n) is 4.80. The number of nitrogens with two attached hydrogens (primary N) is 1. The number of benzene rings is 1. The summed E-state index contributed by atoms with van der Waals surface area (Å²) >= 11 is 4.49. The predicted octanol–water partition coefficient (Wildman–Crippen LogP) is 3.47. The predicted molar refractivity (Wildman–Crippen MR) is 185 cm³/mol. The first-order valence-electron chi connectivity index (χ1n) is 14.0.